The molecular weight excluding hydrogens is 242 g/mol. The van der Waals surface area contributed by atoms with E-state index in [1.807, 2.05) is 11.3 Å². The van der Waals surface area contributed by atoms with E-state index in [9.17, 15) is 4.79 Å². The van der Waals surface area contributed by atoms with Crippen LogP contribution >= 0.6 is 11.3 Å². The number of rotatable bonds is 3. The smallest absolute Gasteiger partial charge is 0.207 e. The molecule has 0 radical (unpaired) electrons. The Morgan fingerprint density at radius 2 is 1.94 bits per heavy atom. The Kier molecular flexibility index (Phi) is 3.08. The van der Waals surface area contributed by atoms with Gasteiger partial charge in [-0.25, -0.2) is 0 Å². The second-order valence-electron chi connectivity index (χ2n) is 5.05. The van der Waals surface area contributed by atoms with Gasteiger partial charge in [0, 0.05) is 9.58 Å². The minimum Gasteiger partial charge on any atom is -0.348 e. The number of benzene rings is 1. The van der Waals surface area contributed by atoms with Crippen molar-refractivity contribution in [3.63, 3.8) is 0 Å². The summed E-state index contributed by atoms with van der Waals surface area (Å²) < 4.78 is 1.31. The van der Waals surface area contributed by atoms with Crippen LogP contribution in [0.2, 0.25) is 0 Å². The van der Waals surface area contributed by atoms with Gasteiger partial charge in [0.25, 0.3) is 0 Å². The fourth-order valence-electron chi connectivity index (χ4n) is 2.95. The number of carbonyl (C=O) groups excluding carboxylic acids is 1. The molecule has 0 atom stereocenters. The molecule has 2 aromatic rings. The lowest BCUT2D eigenvalue weighted by Gasteiger charge is -2.36. The average Bonchev–Trinajstić information content (AvgIpc) is 2.84. The number of nitrogens with one attached hydrogen (secondary N) is 1. The molecule has 3 heteroatoms. The number of hydrogen-bond acceptors (Lipinski definition) is 2. The van der Waals surface area contributed by atoms with Crippen molar-refractivity contribution in [1.29, 1.82) is 0 Å². The van der Waals surface area contributed by atoms with E-state index in [0.29, 0.717) is 0 Å². The SMILES string of the molecule is O=CNC1(c2cc3ccccc3s2)CCCCC1. The predicted octanol–water partition coefficient (Wildman–Crippen LogP) is 3.81. The monoisotopic (exact) mass is 259 g/mol. The van der Waals surface area contributed by atoms with E-state index in [1.54, 1.807) is 0 Å². The van der Waals surface area contributed by atoms with Crippen LogP contribution in [-0.4, -0.2) is 6.41 Å². The Hall–Kier alpha value is -1.35. The number of fused-ring (bicyclic) bond motifs is 1. The lowest BCUT2D eigenvalue weighted by Crippen LogP contribution is -2.42. The highest BCUT2D eigenvalue weighted by molar-refractivity contribution is 7.19. The van der Waals surface area contributed by atoms with Crippen LogP contribution in [-0.2, 0) is 10.3 Å². The highest BCUT2D eigenvalue weighted by atomic mass is 32.1. The topological polar surface area (TPSA) is 29.1 Å². The fraction of sp³-hybridized carbons (Fsp3) is 0.400. The van der Waals surface area contributed by atoms with Crippen molar-refractivity contribution in [2.75, 3.05) is 0 Å². The van der Waals surface area contributed by atoms with E-state index in [0.717, 1.165) is 19.3 Å². The van der Waals surface area contributed by atoms with E-state index in [-0.39, 0.29) is 5.54 Å². The van der Waals surface area contributed by atoms with Crippen LogP contribution in [0.1, 0.15) is 37.0 Å². The first-order valence-electron chi connectivity index (χ1n) is 6.54. The molecule has 18 heavy (non-hydrogen) atoms. The van der Waals surface area contributed by atoms with Gasteiger partial charge in [0.1, 0.15) is 0 Å². The van der Waals surface area contributed by atoms with Gasteiger partial charge in [-0.1, -0.05) is 37.5 Å². The van der Waals surface area contributed by atoms with Crippen LogP contribution in [0.15, 0.2) is 30.3 Å². The van der Waals surface area contributed by atoms with Gasteiger partial charge in [-0.15, -0.1) is 11.3 Å². The van der Waals surface area contributed by atoms with Crippen molar-refractivity contribution in [3.8, 4) is 0 Å². The Labute approximate surface area is 111 Å². The second kappa shape index (κ2) is 4.73. The first-order chi connectivity index (χ1) is 8.84. The van der Waals surface area contributed by atoms with E-state index in [1.165, 1.54) is 34.2 Å². The minimum atomic E-state index is -0.107. The maximum atomic E-state index is 11.0. The van der Waals surface area contributed by atoms with Gasteiger partial charge in [-0.05, 0) is 30.4 Å². The maximum absolute atomic E-state index is 11.0. The first-order valence-corrected chi connectivity index (χ1v) is 7.36. The Morgan fingerprint density at radius 1 is 1.17 bits per heavy atom. The zero-order valence-corrected chi connectivity index (χ0v) is 11.1. The summed E-state index contributed by atoms with van der Waals surface area (Å²) in [6.45, 7) is 0. The molecule has 2 nitrogen and oxygen atoms in total. The second-order valence-corrected chi connectivity index (χ2v) is 6.14. The molecule has 0 unspecified atom stereocenters. The predicted molar refractivity (Wildman–Crippen MR) is 75.8 cm³/mol. The fourth-order valence-corrected chi connectivity index (χ4v) is 4.22. The van der Waals surface area contributed by atoms with Gasteiger partial charge in [0.05, 0.1) is 5.54 Å². The first kappa shape index (κ1) is 11.7. The van der Waals surface area contributed by atoms with Gasteiger partial charge in [0.15, 0.2) is 0 Å². The van der Waals surface area contributed by atoms with Gasteiger partial charge in [-0.2, -0.15) is 0 Å². The molecule has 1 N–H and O–H groups in total. The highest BCUT2D eigenvalue weighted by Gasteiger charge is 2.34. The molecule has 1 fully saturated rings. The van der Waals surface area contributed by atoms with Crippen LogP contribution in [0.3, 0.4) is 0 Å². The van der Waals surface area contributed by atoms with Gasteiger partial charge in [-0.3, -0.25) is 4.79 Å². The summed E-state index contributed by atoms with van der Waals surface area (Å²) in [7, 11) is 0. The highest BCUT2D eigenvalue weighted by Crippen LogP contribution is 2.41. The third-order valence-corrected chi connectivity index (χ3v) is 5.26. The van der Waals surface area contributed by atoms with Crippen molar-refractivity contribution >= 4 is 27.8 Å². The molecule has 0 bridgehead atoms. The molecule has 1 saturated carbocycles. The molecule has 1 aliphatic carbocycles. The van der Waals surface area contributed by atoms with Crippen LogP contribution in [0.25, 0.3) is 10.1 Å². The van der Waals surface area contributed by atoms with Crippen LogP contribution < -0.4 is 5.32 Å². The molecule has 1 aliphatic rings. The van der Waals surface area contributed by atoms with E-state index < -0.39 is 0 Å². The molecule has 3 rings (SSSR count). The Balaban J connectivity index is 2.05. The standard InChI is InChI=1S/C15H17NOS/c17-11-16-15(8-4-1-5-9-15)14-10-12-6-2-3-7-13(12)18-14/h2-3,6-7,10-11H,1,4-5,8-9H2,(H,16,17). The number of carbonyl (C=O) groups is 1. The zero-order valence-electron chi connectivity index (χ0n) is 10.3. The lowest BCUT2D eigenvalue weighted by atomic mass is 9.80. The Bertz CT molecular complexity index is 521. The summed E-state index contributed by atoms with van der Waals surface area (Å²) in [6.07, 6.45) is 6.70. The van der Waals surface area contributed by atoms with Crippen LogP contribution in [0.5, 0.6) is 0 Å². The van der Waals surface area contributed by atoms with Crippen molar-refractivity contribution in [2.24, 2.45) is 0 Å². The van der Waals surface area contributed by atoms with Gasteiger partial charge in [0.2, 0.25) is 6.41 Å². The van der Waals surface area contributed by atoms with E-state index >= 15 is 0 Å². The largest absolute Gasteiger partial charge is 0.348 e. The van der Waals surface area contributed by atoms with Crippen LogP contribution in [0.4, 0.5) is 0 Å². The summed E-state index contributed by atoms with van der Waals surface area (Å²) in [6, 6.07) is 10.7. The lowest BCUT2D eigenvalue weighted by molar-refractivity contribution is -0.111. The molecule has 94 valence electrons. The summed E-state index contributed by atoms with van der Waals surface area (Å²) in [4.78, 5) is 12.3. The summed E-state index contributed by atoms with van der Waals surface area (Å²) >= 11 is 1.82. The molecule has 0 spiro atoms. The molecule has 0 aliphatic heterocycles. The summed E-state index contributed by atoms with van der Waals surface area (Å²) in [5, 5.41) is 4.39. The van der Waals surface area contributed by atoms with Gasteiger partial charge < -0.3 is 5.32 Å². The molecule has 1 aromatic carbocycles. The molecular formula is C15H17NOS. The van der Waals surface area contributed by atoms with Gasteiger partial charge >= 0.3 is 0 Å². The van der Waals surface area contributed by atoms with Crippen molar-refractivity contribution in [3.05, 3.63) is 35.2 Å². The Morgan fingerprint density at radius 3 is 2.67 bits per heavy atom. The third-order valence-electron chi connectivity index (χ3n) is 3.94. The van der Waals surface area contributed by atoms with Crippen molar-refractivity contribution in [2.45, 2.75) is 37.6 Å². The molecule has 1 amide bonds. The quantitative estimate of drug-likeness (QED) is 0.834. The maximum Gasteiger partial charge on any atom is 0.207 e. The number of amides is 1. The molecule has 0 saturated heterocycles. The van der Waals surface area contributed by atoms with E-state index in [2.05, 4.69) is 35.6 Å². The molecule has 1 heterocycles. The molecule has 1 aromatic heterocycles. The zero-order chi connectivity index (χ0) is 12.4. The van der Waals surface area contributed by atoms with E-state index in [4.69, 9.17) is 0 Å². The summed E-state index contributed by atoms with van der Waals surface area (Å²) in [5.74, 6) is 0. The average molecular weight is 259 g/mol. The summed E-state index contributed by atoms with van der Waals surface area (Å²) in [5.41, 5.74) is -0.107. The van der Waals surface area contributed by atoms with Crippen molar-refractivity contribution < 1.29 is 4.79 Å². The number of hydrogen-bond donors (Lipinski definition) is 1. The third kappa shape index (κ3) is 1.93. The van der Waals surface area contributed by atoms with Crippen LogP contribution in [0, 0.1) is 0 Å². The normalized spacial score (nSPS) is 18.7. The van der Waals surface area contributed by atoms with Crippen molar-refractivity contribution in [1.82, 2.24) is 5.32 Å². The number of thiophene rings is 1. The minimum absolute atomic E-state index is 0.107.